The van der Waals surface area contributed by atoms with Crippen LogP contribution in [0, 0.1) is 6.92 Å². The predicted molar refractivity (Wildman–Crippen MR) is 83.1 cm³/mol. The monoisotopic (exact) mass is 299 g/mol. The quantitative estimate of drug-likeness (QED) is 0.806. The summed E-state index contributed by atoms with van der Waals surface area (Å²) < 4.78 is 6.20. The number of amides is 1. The third-order valence-electron chi connectivity index (χ3n) is 2.96. The van der Waals surface area contributed by atoms with Crippen LogP contribution < -0.4 is 10.1 Å². The van der Waals surface area contributed by atoms with Gasteiger partial charge in [0.1, 0.15) is 5.56 Å². The van der Waals surface area contributed by atoms with Crippen molar-refractivity contribution in [3.8, 4) is 5.88 Å². The van der Waals surface area contributed by atoms with Gasteiger partial charge in [0.05, 0.1) is 22.3 Å². The van der Waals surface area contributed by atoms with E-state index in [-0.39, 0.29) is 5.91 Å². The zero-order chi connectivity index (χ0) is 14.8. The first-order valence-corrected chi connectivity index (χ1v) is 7.16. The smallest absolute Gasteiger partial charge is 0.261 e. The lowest BCUT2D eigenvalue weighted by Gasteiger charge is -2.08. The summed E-state index contributed by atoms with van der Waals surface area (Å²) in [6.45, 7) is 1.96. The molecular formula is C15H13N3O2S. The number of carbonyl (C=O) groups excluding carboxylic acids is 1. The van der Waals surface area contributed by atoms with Gasteiger partial charge in [-0.05, 0) is 37.3 Å². The Morgan fingerprint density at radius 1 is 1.33 bits per heavy atom. The Bertz CT molecular complexity index is 814. The molecule has 3 rings (SSSR count). The summed E-state index contributed by atoms with van der Waals surface area (Å²) in [5.74, 6) is 0.0480. The molecule has 5 nitrogen and oxygen atoms in total. The number of nitrogens with one attached hydrogen (secondary N) is 1. The zero-order valence-corrected chi connectivity index (χ0v) is 12.4. The highest BCUT2D eigenvalue weighted by Crippen LogP contribution is 2.25. The Morgan fingerprint density at radius 3 is 3.00 bits per heavy atom. The van der Waals surface area contributed by atoms with Gasteiger partial charge < -0.3 is 10.1 Å². The van der Waals surface area contributed by atoms with Crippen molar-refractivity contribution in [2.24, 2.45) is 0 Å². The number of pyridine rings is 1. The second kappa shape index (κ2) is 5.49. The van der Waals surface area contributed by atoms with E-state index < -0.39 is 0 Å². The van der Waals surface area contributed by atoms with Crippen LogP contribution in [0.4, 0.5) is 5.69 Å². The summed E-state index contributed by atoms with van der Waals surface area (Å²) >= 11 is 1.63. The summed E-state index contributed by atoms with van der Waals surface area (Å²) in [5, 5.41) is 3.84. The Morgan fingerprint density at radius 2 is 2.19 bits per heavy atom. The molecule has 0 bridgehead atoms. The first kappa shape index (κ1) is 13.5. The molecule has 2 heterocycles. The molecule has 0 saturated carbocycles. The van der Waals surface area contributed by atoms with Gasteiger partial charge >= 0.3 is 0 Å². The summed E-state index contributed by atoms with van der Waals surface area (Å²) in [6.07, 6.45) is 1.58. The molecule has 0 radical (unpaired) electrons. The van der Waals surface area contributed by atoms with Gasteiger partial charge in [-0.2, -0.15) is 0 Å². The van der Waals surface area contributed by atoms with E-state index in [2.05, 4.69) is 15.3 Å². The second-order valence-electron chi connectivity index (χ2n) is 4.43. The highest BCUT2D eigenvalue weighted by atomic mass is 32.1. The Kier molecular flexibility index (Phi) is 3.53. The minimum absolute atomic E-state index is 0.258. The van der Waals surface area contributed by atoms with Crippen molar-refractivity contribution in [3.05, 3.63) is 47.1 Å². The van der Waals surface area contributed by atoms with E-state index in [0.717, 1.165) is 15.2 Å². The van der Waals surface area contributed by atoms with Crippen LogP contribution in [-0.4, -0.2) is 23.0 Å². The number of aromatic nitrogens is 2. The maximum Gasteiger partial charge on any atom is 0.261 e. The van der Waals surface area contributed by atoms with Crippen LogP contribution in [0.1, 0.15) is 15.4 Å². The minimum Gasteiger partial charge on any atom is -0.480 e. The third kappa shape index (κ3) is 2.71. The van der Waals surface area contributed by atoms with Gasteiger partial charge in [0.25, 0.3) is 5.91 Å². The van der Waals surface area contributed by atoms with E-state index in [1.54, 1.807) is 29.7 Å². The van der Waals surface area contributed by atoms with Crippen LogP contribution in [0.25, 0.3) is 10.2 Å². The number of rotatable bonds is 3. The molecule has 1 N–H and O–H groups in total. The van der Waals surface area contributed by atoms with Crippen LogP contribution >= 0.6 is 11.3 Å². The molecule has 0 spiro atoms. The lowest BCUT2D eigenvalue weighted by atomic mass is 10.2. The van der Waals surface area contributed by atoms with E-state index in [1.165, 1.54) is 7.11 Å². The molecule has 3 aromatic rings. The molecule has 2 aromatic heterocycles. The van der Waals surface area contributed by atoms with E-state index >= 15 is 0 Å². The summed E-state index contributed by atoms with van der Waals surface area (Å²) in [4.78, 5) is 20.7. The molecule has 6 heteroatoms. The zero-order valence-electron chi connectivity index (χ0n) is 11.6. The van der Waals surface area contributed by atoms with Gasteiger partial charge in [-0.25, -0.2) is 9.97 Å². The topological polar surface area (TPSA) is 64.1 Å². The maximum atomic E-state index is 12.3. The molecule has 1 amide bonds. The number of thiazole rings is 1. The Labute approximate surface area is 125 Å². The van der Waals surface area contributed by atoms with Crippen LogP contribution in [0.2, 0.25) is 0 Å². The number of hydrogen-bond donors (Lipinski definition) is 1. The SMILES string of the molecule is COc1ncccc1C(=O)Nc1ccc2sc(C)nc2c1. The van der Waals surface area contributed by atoms with Crippen LogP contribution in [0.3, 0.4) is 0 Å². The fraction of sp³-hybridized carbons (Fsp3) is 0.133. The molecule has 0 fully saturated rings. The standard InChI is InChI=1S/C15H13N3O2S/c1-9-17-12-8-10(5-6-13(12)21-9)18-14(19)11-4-3-7-16-15(11)20-2/h3-8H,1-2H3,(H,18,19). The average molecular weight is 299 g/mol. The van der Waals surface area contributed by atoms with Gasteiger partial charge in [0, 0.05) is 11.9 Å². The van der Waals surface area contributed by atoms with Gasteiger partial charge in [0.2, 0.25) is 5.88 Å². The number of methoxy groups -OCH3 is 1. The molecule has 0 unspecified atom stereocenters. The predicted octanol–water partition coefficient (Wildman–Crippen LogP) is 3.26. The van der Waals surface area contributed by atoms with E-state index in [0.29, 0.717) is 17.1 Å². The van der Waals surface area contributed by atoms with Crippen molar-refractivity contribution >= 4 is 33.1 Å². The van der Waals surface area contributed by atoms with Gasteiger partial charge in [-0.15, -0.1) is 11.3 Å². The number of ether oxygens (including phenoxy) is 1. The Hall–Kier alpha value is -2.47. The molecular weight excluding hydrogens is 286 g/mol. The Balaban J connectivity index is 1.88. The number of carbonyl (C=O) groups is 1. The highest BCUT2D eigenvalue weighted by Gasteiger charge is 2.13. The average Bonchev–Trinajstić information content (AvgIpc) is 2.86. The molecule has 106 valence electrons. The summed E-state index contributed by atoms with van der Waals surface area (Å²) in [5.41, 5.74) is 1.98. The van der Waals surface area contributed by atoms with Crippen molar-refractivity contribution in [1.82, 2.24) is 9.97 Å². The van der Waals surface area contributed by atoms with Crippen molar-refractivity contribution in [3.63, 3.8) is 0 Å². The first-order valence-electron chi connectivity index (χ1n) is 6.35. The molecule has 1 aromatic carbocycles. The molecule has 0 atom stereocenters. The van der Waals surface area contributed by atoms with Gasteiger partial charge in [0.15, 0.2) is 0 Å². The molecule has 21 heavy (non-hydrogen) atoms. The van der Waals surface area contributed by atoms with Gasteiger partial charge in [-0.1, -0.05) is 0 Å². The number of anilines is 1. The van der Waals surface area contributed by atoms with Crippen LogP contribution in [0.15, 0.2) is 36.5 Å². The molecule has 0 saturated heterocycles. The maximum absolute atomic E-state index is 12.3. The molecule has 0 aliphatic rings. The van der Waals surface area contributed by atoms with Crippen molar-refractivity contribution in [2.45, 2.75) is 6.92 Å². The van der Waals surface area contributed by atoms with E-state index in [1.807, 2.05) is 25.1 Å². The first-order chi connectivity index (χ1) is 10.2. The number of hydrogen-bond acceptors (Lipinski definition) is 5. The third-order valence-corrected chi connectivity index (χ3v) is 3.91. The number of benzene rings is 1. The summed E-state index contributed by atoms with van der Waals surface area (Å²) in [6, 6.07) is 9.05. The second-order valence-corrected chi connectivity index (χ2v) is 5.66. The largest absolute Gasteiger partial charge is 0.480 e. The fourth-order valence-electron chi connectivity index (χ4n) is 2.05. The lowest BCUT2D eigenvalue weighted by Crippen LogP contribution is -2.13. The normalized spacial score (nSPS) is 10.6. The molecule has 0 aliphatic carbocycles. The number of fused-ring (bicyclic) bond motifs is 1. The lowest BCUT2D eigenvalue weighted by molar-refractivity contribution is 0.102. The minimum atomic E-state index is -0.258. The summed E-state index contributed by atoms with van der Waals surface area (Å²) in [7, 11) is 1.49. The van der Waals surface area contributed by atoms with Gasteiger partial charge in [-0.3, -0.25) is 4.79 Å². The number of nitrogens with zero attached hydrogens (tertiary/aromatic N) is 2. The molecule has 0 aliphatic heterocycles. The van der Waals surface area contributed by atoms with Crippen molar-refractivity contribution < 1.29 is 9.53 Å². The number of aryl methyl sites for hydroxylation is 1. The van der Waals surface area contributed by atoms with Crippen molar-refractivity contribution in [1.29, 1.82) is 0 Å². The van der Waals surface area contributed by atoms with Crippen LogP contribution in [-0.2, 0) is 0 Å². The van der Waals surface area contributed by atoms with E-state index in [4.69, 9.17) is 4.74 Å². The fourth-order valence-corrected chi connectivity index (χ4v) is 2.85. The van der Waals surface area contributed by atoms with Crippen molar-refractivity contribution in [2.75, 3.05) is 12.4 Å². The van der Waals surface area contributed by atoms with E-state index in [9.17, 15) is 4.79 Å². The highest BCUT2D eigenvalue weighted by molar-refractivity contribution is 7.18. The van der Waals surface area contributed by atoms with Crippen LogP contribution in [0.5, 0.6) is 5.88 Å².